The molecule has 0 spiro atoms. The zero-order valence-corrected chi connectivity index (χ0v) is 8.26. The van der Waals surface area contributed by atoms with Gasteiger partial charge in [-0.1, -0.05) is 0 Å². The van der Waals surface area contributed by atoms with Crippen LogP contribution >= 0.6 is 12.4 Å². The molecule has 0 radical (unpaired) electrons. The van der Waals surface area contributed by atoms with E-state index in [1.54, 1.807) is 6.33 Å². The second kappa shape index (κ2) is 5.14. The van der Waals surface area contributed by atoms with Gasteiger partial charge in [0, 0.05) is 12.4 Å². The molecule has 1 aliphatic rings. The molecule has 2 heterocycles. The van der Waals surface area contributed by atoms with Crippen LogP contribution in [0.25, 0.3) is 0 Å². The van der Waals surface area contributed by atoms with Crippen LogP contribution in [0.2, 0.25) is 0 Å². The number of nitrogens with zero attached hydrogens (tertiary/aromatic N) is 2. The van der Waals surface area contributed by atoms with Crippen molar-refractivity contribution < 1.29 is 0 Å². The molecule has 2 rings (SSSR count). The van der Waals surface area contributed by atoms with Crippen molar-refractivity contribution in [3.8, 4) is 0 Å². The summed E-state index contributed by atoms with van der Waals surface area (Å²) < 4.78 is 0. The molecule has 1 aliphatic heterocycles. The smallest absolute Gasteiger partial charge is 0.115 e. The summed E-state index contributed by atoms with van der Waals surface area (Å²) in [6.45, 7) is 2.25. The van der Waals surface area contributed by atoms with E-state index in [0.717, 1.165) is 13.1 Å². The SMILES string of the molecule is Cl.c1ncc(C2CCNCC2)cn1. The zero-order valence-electron chi connectivity index (χ0n) is 7.44. The molecule has 1 aromatic rings. The van der Waals surface area contributed by atoms with Gasteiger partial charge in [-0.25, -0.2) is 9.97 Å². The van der Waals surface area contributed by atoms with Gasteiger partial charge in [0.15, 0.2) is 0 Å². The van der Waals surface area contributed by atoms with Gasteiger partial charge in [0.2, 0.25) is 0 Å². The van der Waals surface area contributed by atoms with Gasteiger partial charge in [0.25, 0.3) is 0 Å². The minimum Gasteiger partial charge on any atom is -0.317 e. The lowest BCUT2D eigenvalue weighted by Gasteiger charge is -2.21. The lowest BCUT2D eigenvalue weighted by molar-refractivity contribution is 0.458. The third-order valence-electron chi connectivity index (χ3n) is 2.39. The maximum Gasteiger partial charge on any atom is 0.115 e. The van der Waals surface area contributed by atoms with Crippen molar-refractivity contribution in [3.63, 3.8) is 0 Å². The Morgan fingerprint density at radius 1 is 1.15 bits per heavy atom. The molecular formula is C9H14ClN3. The van der Waals surface area contributed by atoms with Crippen LogP contribution < -0.4 is 5.32 Å². The number of aromatic nitrogens is 2. The highest BCUT2D eigenvalue weighted by atomic mass is 35.5. The van der Waals surface area contributed by atoms with Crippen LogP contribution in [0.1, 0.15) is 24.3 Å². The lowest BCUT2D eigenvalue weighted by atomic mass is 9.92. The Bertz CT molecular complexity index is 234. The fraction of sp³-hybridized carbons (Fsp3) is 0.556. The van der Waals surface area contributed by atoms with Gasteiger partial charge in [-0.05, 0) is 37.4 Å². The van der Waals surface area contributed by atoms with E-state index in [1.807, 2.05) is 12.4 Å². The monoisotopic (exact) mass is 199 g/mol. The molecule has 3 nitrogen and oxygen atoms in total. The molecule has 1 aromatic heterocycles. The lowest BCUT2D eigenvalue weighted by Crippen LogP contribution is -2.26. The highest BCUT2D eigenvalue weighted by molar-refractivity contribution is 5.85. The molecule has 1 saturated heterocycles. The molecule has 4 heteroatoms. The summed E-state index contributed by atoms with van der Waals surface area (Å²) in [7, 11) is 0. The van der Waals surface area contributed by atoms with Crippen molar-refractivity contribution in [1.29, 1.82) is 0 Å². The summed E-state index contributed by atoms with van der Waals surface area (Å²) in [6.07, 6.45) is 7.89. The number of hydrogen-bond acceptors (Lipinski definition) is 3. The predicted molar refractivity (Wildman–Crippen MR) is 54.1 cm³/mol. The molecule has 0 aromatic carbocycles. The van der Waals surface area contributed by atoms with Gasteiger partial charge >= 0.3 is 0 Å². The van der Waals surface area contributed by atoms with Crippen LogP contribution in [-0.4, -0.2) is 23.1 Å². The van der Waals surface area contributed by atoms with Crippen LogP contribution in [0.5, 0.6) is 0 Å². The summed E-state index contributed by atoms with van der Waals surface area (Å²) >= 11 is 0. The number of halogens is 1. The first-order valence-corrected chi connectivity index (χ1v) is 4.42. The van der Waals surface area contributed by atoms with E-state index in [-0.39, 0.29) is 12.4 Å². The van der Waals surface area contributed by atoms with Crippen molar-refractivity contribution in [1.82, 2.24) is 15.3 Å². The minimum atomic E-state index is 0. The van der Waals surface area contributed by atoms with E-state index < -0.39 is 0 Å². The molecule has 0 aliphatic carbocycles. The van der Waals surface area contributed by atoms with Gasteiger partial charge in [0.05, 0.1) is 0 Å². The van der Waals surface area contributed by atoms with E-state index in [0.29, 0.717) is 5.92 Å². The molecule has 0 bridgehead atoms. The Hall–Kier alpha value is -0.670. The molecule has 0 unspecified atom stereocenters. The van der Waals surface area contributed by atoms with Crippen LogP contribution in [0.4, 0.5) is 0 Å². The standard InChI is InChI=1S/C9H13N3.ClH/c1-3-10-4-2-8(1)9-5-11-7-12-6-9;/h5-8,10H,1-4H2;1H. The Morgan fingerprint density at radius 2 is 1.77 bits per heavy atom. The van der Waals surface area contributed by atoms with Gasteiger partial charge in [0.1, 0.15) is 6.33 Å². The number of nitrogens with one attached hydrogen (secondary N) is 1. The van der Waals surface area contributed by atoms with E-state index >= 15 is 0 Å². The van der Waals surface area contributed by atoms with E-state index in [9.17, 15) is 0 Å². The largest absolute Gasteiger partial charge is 0.317 e. The van der Waals surface area contributed by atoms with Crippen molar-refractivity contribution in [2.24, 2.45) is 0 Å². The van der Waals surface area contributed by atoms with Crippen molar-refractivity contribution >= 4 is 12.4 Å². The Balaban J connectivity index is 0.000000845. The number of rotatable bonds is 1. The Labute approximate surface area is 84.4 Å². The predicted octanol–water partition coefficient (Wildman–Crippen LogP) is 1.37. The second-order valence-corrected chi connectivity index (χ2v) is 3.20. The summed E-state index contributed by atoms with van der Waals surface area (Å²) in [5, 5.41) is 3.34. The van der Waals surface area contributed by atoms with Crippen LogP contribution in [0.15, 0.2) is 18.7 Å². The normalized spacial score (nSPS) is 17.8. The first kappa shape index (κ1) is 10.4. The summed E-state index contributed by atoms with van der Waals surface area (Å²) in [5.41, 5.74) is 1.29. The molecule has 1 fully saturated rings. The molecule has 0 saturated carbocycles. The fourth-order valence-electron chi connectivity index (χ4n) is 1.68. The maximum absolute atomic E-state index is 4.03. The summed E-state index contributed by atoms with van der Waals surface area (Å²) in [4.78, 5) is 8.06. The Morgan fingerprint density at radius 3 is 2.38 bits per heavy atom. The quantitative estimate of drug-likeness (QED) is 0.743. The molecule has 0 amide bonds. The van der Waals surface area contributed by atoms with Crippen LogP contribution in [0.3, 0.4) is 0 Å². The minimum absolute atomic E-state index is 0. The van der Waals surface area contributed by atoms with Crippen LogP contribution in [0, 0.1) is 0 Å². The average molecular weight is 200 g/mol. The molecule has 1 N–H and O–H groups in total. The highest BCUT2D eigenvalue weighted by Crippen LogP contribution is 2.23. The summed E-state index contributed by atoms with van der Waals surface area (Å²) in [6, 6.07) is 0. The first-order valence-electron chi connectivity index (χ1n) is 4.42. The number of hydrogen-bond donors (Lipinski definition) is 1. The molecule has 0 atom stereocenters. The zero-order chi connectivity index (χ0) is 8.23. The number of piperidine rings is 1. The van der Waals surface area contributed by atoms with Gasteiger partial charge in [-0.3, -0.25) is 0 Å². The maximum atomic E-state index is 4.03. The third kappa shape index (κ3) is 2.64. The van der Waals surface area contributed by atoms with Crippen molar-refractivity contribution in [2.45, 2.75) is 18.8 Å². The van der Waals surface area contributed by atoms with Crippen LogP contribution in [-0.2, 0) is 0 Å². The van der Waals surface area contributed by atoms with Crippen molar-refractivity contribution in [3.05, 3.63) is 24.3 Å². The van der Waals surface area contributed by atoms with E-state index in [1.165, 1.54) is 18.4 Å². The summed E-state index contributed by atoms with van der Waals surface area (Å²) in [5.74, 6) is 0.674. The molecule has 72 valence electrons. The first-order chi connectivity index (χ1) is 5.97. The van der Waals surface area contributed by atoms with Gasteiger partial charge < -0.3 is 5.32 Å². The second-order valence-electron chi connectivity index (χ2n) is 3.20. The average Bonchev–Trinajstić information content (AvgIpc) is 2.21. The van der Waals surface area contributed by atoms with E-state index in [2.05, 4.69) is 15.3 Å². The van der Waals surface area contributed by atoms with Gasteiger partial charge in [-0.2, -0.15) is 0 Å². The Kier molecular flexibility index (Phi) is 4.12. The van der Waals surface area contributed by atoms with Crippen molar-refractivity contribution in [2.75, 3.05) is 13.1 Å². The fourth-order valence-corrected chi connectivity index (χ4v) is 1.68. The molecular weight excluding hydrogens is 186 g/mol. The highest BCUT2D eigenvalue weighted by Gasteiger charge is 2.14. The van der Waals surface area contributed by atoms with E-state index in [4.69, 9.17) is 0 Å². The topological polar surface area (TPSA) is 37.8 Å². The third-order valence-corrected chi connectivity index (χ3v) is 2.39. The molecule has 13 heavy (non-hydrogen) atoms. The van der Waals surface area contributed by atoms with Gasteiger partial charge in [-0.15, -0.1) is 12.4 Å².